The van der Waals surface area contributed by atoms with E-state index in [1.165, 1.54) is 25.7 Å². The molecule has 0 bridgehead atoms. The van der Waals surface area contributed by atoms with Gasteiger partial charge in [0.2, 0.25) is 0 Å². The van der Waals surface area contributed by atoms with Gasteiger partial charge in [-0.3, -0.25) is 4.98 Å². The van der Waals surface area contributed by atoms with Gasteiger partial charge in [-0.05, 0) is 31.7 Å². The maximum absolute atomic E-state index is 4.61. The lowest BCUT2D eigenvalue weighted by atomic mass is 10.2. The van der Waals surface area contributed by atoms with Crippen LogP contribution in [0.1, 0.15) is 52.1 Å². The third-order valence-electron chi connectivity index (χ3n) is 3.58. The number of hydrogen-bond acceptors (Lipinski definition) is 4. The van der Waals surface area contributed by atoms with Crippen LogP contribution in [0.25, 0.3) is 0 Å². The molecule has 112 valence electrons. The average molecular weight is 276 g/mol. The Hall–Kier alpha value is -1.16. The SMILES string of the molecule is CCCCN(c1cnc(CNCC(C)C)cn1)C1CC1. The Morgan fingerprint density at radius 1 is 1.30 bits per heavy atom. The fourth-order valence-corrected chi connectivity index (χ4v) is 2.28. The van der Waals surface area contributed by atoms with Crippen molar-refractivity contribution in [1.29, 1.82) is 0 Å². The molecule has 1 aliphatic carbocycles. The van der Waals surface area contributed by atoms with E-state index in [1.807, 2.05) is 12.4 Å². The fourth-order valence-electron chi connectivity index (χ4n) is 2.28. The summed E-state index contributed by atoms with van der Waals surface area (Å²) in [7, 11) is 0. The molecule has 1 saturated carbocycles. The molecule has 0 saturated heterocycles. The highest BCUT2D eigenvalue weighted by Crippen LogP contribution is 2.30. The van der Waals surface area contributed by atoms with Gasteiger partial charge in [0, 0.05) is 19.1 Å². The maximum atomic E-state index is 4.61. The number of aromatic nitrogens is 2. The van der Waals surface area contributed by atoms with Crippen LogP contribution >= 0.6 is 0 Å². The molecule has 0 amide bonds. The van der Waals surface area contributed by atoms with E-state index in [-0.39, 0.29) is 0 Å². The van der Waals surface area contributed by atoms with Crippen molar-refractivity contribution in [1.82, 2.24) is 15.3 Å². The summed E-state index contributed by atoms with van der Waals surface area (Å²) in [5.74, 6) is 1.72. The minimum Gasteiger partial charge on any atom is -0.352 e. The summed E-state index contributed by atoms with van der Waals surface area (Å²) in [5, 5.41) is 3.40. The highest BCUT2D eigenvalue weighted by Gasteiger charge is 2.29. The van der Waals surface area contributed by atoms with Crippen LogP contribution in [0.2, 0.25) is 0 Å². The summed E-state index contributed by atoms with van der Waals surface area (Å²) in [6.07, 6.45) is 8.94. The molecule has 20 heavy (non-hydrogen) atoms. The molecule has 0 aromatic carbocycles. The van der Waals surface area contributed by atoms with E-state index in [2.05, 4.69) is 41.0 Å². The number of unbranched alkanes of at least 4 members (excludes halogenated alkanes) is 1. The Kier molecular flexibility index (Phi) is 5.77. The molecule has 0 radical (unpaired) electrons. The second-order valence-corrected chi connectivity index (χ2v) is 6.17. The van der Waals surface area contributed by atoms with Crippen LogP contribution in [0, 0.1) is 5.92 Å². The molecule has 0 aliphatic heterocycles. The van der Waals surface area contributed by atoms with Gasteiger partial charge in [0.1, 0.15) is 5.82 Å². The molecule has 0 spiro atoms. The summed E-state index contributed by atoms with van der Waals surface area (Å²) < 4.78 is 0. The minimum absolute atomic E-state index is 0.668. The first-order valence-electron chi connectivity index (χ1n) is 7.99. The number of anilines is 1. The van der Waals surface area contributed by atoms with Crippen LogP contribution < -0.4 is 10.2 Å². The lowest BCUT2D eigenvalue weighted by Gasteiger charge is -2.23. The van der Waals surface area contributed by atoms with Gasteiger partial charge in [-0.25, -0.2) is 4.98 Å². The van der Waals surface area contributed by atoms with Crippen molar-refractivity contribution in [3.63, 3.8) is 0 Å². The number of nitrogens with zero attached hydrogens (tertiary/aromatic N) is 3. The largest absolute Gasteiger partial charge is 0.352 e. The van der Waals surface area contributed by atoms with Crippen LogP contribution in [0.3, 0.4) is 0 Å². The molecule has 1 N–H and O–H groups in total. The zero-order valence-electron chi connectivity index (χ0n) is 13.1. The number of hydrogen-bond donors (Lipinski definition) is 1. The summed E-state index contributed by atoms with van der Waals surface area (Å²) in [6.45, 7) is 9.60. The standard InChI is InChI=1S/C16H28N4/c1-4-5-8-20(15-6-7-15)16-12-18-14(11-19-16)10-17-9-13(2)3/h11-13,15,17H,4-10H2,1-3H3. The molecule has 2 rings (SSSR count). The van der Waals surface area contributed by atoms with E-state index >= 15 is 0 Å². The third-order valence-corrected chi connectivity index (χ3v) is 3.58. The normalized spacial score (nSPS) is 14.8. The molecule has 1 aromatic rings. The van der Waals surface area contributed by atoms with Crippen molar-refractivity contribution in [2.45, 2.75) is 59.0 Å². The molecule has 1 fully saturated rings. The number of rotatable bonds is 9. The van der Waals surface area contributed by atoms with Gasteiger partial charge in [0.25, 0.3) is 0 Å². The van der Waals surface area contributed by atoms with Gasteiger partial charge in [0.15, 0.2) is 0 Å². The molecule has 1 heterocycles. The average Bonchev–Trinajstić information content (AvgIpc) is 3.25. The van der Waals surface area contributed by atoms with E-state index in [0.29, 0.717) is 12.0 Å². The van der Waals surface area contributed by atoms with E-state index in [1.54, 1.807) is 0 Å². The number of nitrogens with one attached hydrogen (secondary N) is 1. The predicted molar refractivity (Wildman–Crippen MR) is 83.9 cm³/mol. The van der Waals surface area contributed by atoms with Gasteiger partial charge in [-0.1, -0.05) is 27.2 Å². The van der Waals surface area contributed by atoms with Gasteiger partial charge in [-0.15, -0.1) is 0 Å². The quantitative estimate of drug-likeness (QED) is 0.753. The molecule has 4 nitrogen and oxygen atoms in total. The van der Waals surface area contributed by atoms with Gasteiger partial charge in [-0.2, -0.15) is 0 Å². The van der Waals surface area contributed by atoms with Gasteiger partial charge in [0.05, 0.1) is 18.1 Å². The Balaban J connectivity index is 1.88. The molecule has 0 atom stereocenters. The third kappa shape index (κ3) is 4.75. The molecule has 1 aromatic heterocycles. The minimum atomic E-state index is 0.668. The Morgan fingerprint density at radius 2 is 2.10 bits per heavy atom. The molecular weight excluding hydrogens is 248 g/mol. The van der Waals surface area contributed by atoms with Crippen molar-refractivity contribution in [3.8, 4) is 0 Å². The zero-order valence-corrected chi connectivity index (χ0v) is 13.1. The Labute approximate surface area is 123 Å². The van der Waals surface area contributed by atoms with E-state index in [9.17, 15) is 0 Å². The fraction of sp³-hybridized carbons (Fsp3) is 0.750. The maximum Gasteiger partial charge on any atom is 0.147 e. The van der Waals surface area contributed by atoms with Crippen LogP contribution in [0.4, 0.5) is 5.82 Å². The summed E-state index contributed by atoms with van der Waals surface area (Å²) in [6, 6.07) is 0.709. The first kappa shape index (κ1) is 15.2. The van der Waals surface area contributed by atoms with Crippen molar-refractivity contribution < 1.29 is 0 Å². The summed E-state index contributed by atoms with van der Waals surface area (Å²) >= 11 is 0. The van der Waals surface area contributed by atoms with Crippen molar-refractivity contribution >= 4 is 5.82 Å². The van der Waals surface area contributed by atoms with E-state index in [0.717, 1.165) is 31.1 Å². The van der Waals surface area contributed by atoms with Crippen LogP contribution in [-0.2, 0) is 6.54 Å². The van der Waals surface area contributed by atoms with E-state index < -0.39 is 0 Å². The van der Waals surface area contributed by atoms with Crippen LogP contribution in [-0.4, -0.2) is 29.1 Å². The molecule has 1 aliphatic rings. The molecular formula is C16H28N4. The monoisotopic (exact) mass is 276 g/mol. The molecule has 0 unspecified atom stereocenters. The van der Waals surface area contributed by atoms with E-state index in [4.69, 9.17) is 0 Å². The predicted octanol–water partition coefficient (Wildman–Crippen LogP) is 2.99. The Morgan fingerprint density at radius 3 is 2.65 bits per heavy atom. The lowest BCUT2D eigenvalue weighted by molar-refractivity contribution is 0.547. The van der Waals surface area contributed by atoms with Crippen molar-refractivity contribution in [2.24, 2.45) is 5.92 Å². The van der Waals surface area contributed by atoms with Crippen LogP contribution in [0.15, 0.2) is 12.4 Å². The first-order valence-corrected chi connectivity index (χ1v) is 7.99. The van der Waals surface area contributed by atoms with Crippen molar-refractivity contribution in [2.75, 3.05) is 18.0 Å². The molecule has 4 heteroatoms. The smallest absolute Gasteiger partial charge is 0.147 e. The zero-order chi connectivity index (χ0) is 14.4. The first-order chi connectivity index (χ1) is 9.70. The summed E-state index contributed by atoms with van der Waals surface area (Å²) in [4.78, 5) is 11.6. The lowest BCUT2D eigenvalue weighted by Crippen LogP contribution is -2.28. The summed E-state index contributed by atoms with van der Waals surface area (Å²) in [5.41, 5.74) is 1.03. The van der Waals surface area contributed by atoms with Crippen LogP contribution in [0.5, 0.6) is 0 Å². The van der Waals surface area contributed by atoms with Gasteiger partial charge >= 0.3 is 0 Å². The topological polar surface area (TPSA) is 41.1 Å². The van der Waals surface area contributed by atoms with Crippen molar-refractivity contribution in [3.05, 3.63) is 18.1 Å². The second-order valence-electron chi connectivity index (χ2n) is 6.17. The Bertz CT molecular complexity index is 384. The highest BCUT2D eigenvalue weighted by molar-refractivity contribution is 5.39. The highest BCUT2D eigenvalue weighted by atomic mass is 15.2. The second kappa shape index (κ2) is 7.58. The van der Waals surface area contributed by atoms with Gasteiger partial charge < -0.3 is 10.2 Å².